The van der Waals surface area contributed by atoms with Crippen molar-refractivity contribution in [3.05, 3.63) is 41.4 Å². The van der Waals surface area contributed by atoms with Crippen LogP contribution < -0.4 is 5.32 Å². The summed E-state index contributed by atoms with van der Waals surface area (Å²) in [5.74, 6) is -0.351. The first kappa shape index (κ1) is 15.6. The number of aryl methyl sites for hydroxylation is 1. The summed E-state index contributed by atoms with van der Waals surface area (Å²) in [6.45, 7) is 0. The first-order valence-corrected chi connectivity index (χ1v) is 7.62. The molecule has 1 aliphatic carbocycles. The minimum Gasteiger partial charge on any atom is -0.480 e. The van der Waals surface area contributed by atoms with Crippen molar-refractivity contribution >= 4 is 23.5 Å². The van der Waals surface area contributed by atoms with Gasteiger partial charge in [0.2, 0.25) is 5.91 Å². The third-order valence-electron chi connectivity index (χ3n) is 3.80. The maximum absolute atomic E-state index is 11.8. The number of nitrogens with one attached hydrogen (secondary N) is 1. The van der Waals surface area contributed by atoms with E-state index >= 15 is 0 Å². The Morgan fingerprint density at radius 2 is 2.09 bits per heavy atom. The standard InChI is InChI=1S/C16H15ClN2O4/c17-11-4-2-1-3-10(11)12-9-18-14(23-12)6-5-13(20)19-16(7-8-16)15(21)22/h1-4,9H,5-8H2,(H,19,20)(H,21,22). The summed E-state index contributed by atoms with van der Waals surface area (Å²) in [7, 11) is 0. The average molecular weight is 335 g/mol. The number of hydrogen-bond acceptors (Lipinski definition) is 4. The lowest BCUT2D eigenvalue weighted by atomic mass is 10.2. The molecule has 0 aliphatic heterocycles. The zero-order valence-electron chi connectivity index (χ0n) is 12.2. The topological polar surface area (TPSA) is 92.4 Å². The molecule has 23 heavy (non-hydrogen) atoms. The van der Waals surface area contributed by atoms with Gasteiger partial charge in [0.15, 0.2) is 11.7 Å². The molecule has 0 saturated heterocycles. The molecule has 1 aromatic heterocycles. The van der Waals surface area contributed by atoms with E-state index in [-0.39, 0.29) is 12.3 Å². The highest BCUT2D eigenvalue weighted by Gasteiger charge is 2.51. The zero-order chi connectivity index (χ0) is 16.4. The van der Waals surface area contributed by atoms with Gasteiger partial charge in [0.1, 0.15) is 5.54 Å². The monoisotopic (exact) mass is 334 g/mol. The predicted molar refractivity (Wildman–Crippen MR) is 83.0 cm³/mol. The quantitative estimate of drug-likeness (QED) is 0.847. The molecule has 1 fully saturated rings. The summed E-state index contributed by atoms with van der Waals surface area (Å²) >= 11 is 6.10. The number of carboxylic acids is 1. The normalized spacial score (nSPS) is 15.2. The lowest BCUT2D eigenvalue weighted by Gasteiger charge is -2.11. The van der Waals surface area contributed by atoms with Crippen molar-refractivity contribution in [2.75, 3.05) is 0 Å². The highest BCUT2D eigenvalue weighted by atomic mass is 35.5. The van der Waals surface area contributed by atoms with E-state index in [0.717, 1.165) is 5.56 Å². The molecule has 2 N–H and O–H groups in total. The van der Waals surface area contributed by atoms with Crippen molar-refractivity contribution in [3.63, 3.8) is 0 Å². The van der Waals surface area contributed by atoms with Gasteiger partial charge in [0.25, 0.3) is 0 Å². The molecule has 7 heteroatoms. The van der Waals surface area contributed by atoms with Gasteiger partial charge in [-0.2, -0.15) is 0 Å². The Kier molecular flexibility index (Phi) is 4.09. The van der Waals surface area contributed by atoms with E-state index in [0.29, 0.717) is 35.9 Å². The van der Waals surface area contributed by atoms with Gasteiger partial charge in [-0.25, -0.2) is 9.78 Å². The van der Waals surface area contributed by atoms with Crippen molar-refractivity contribution in [1.29, 1.82) is 0 Å². The Morgan fingerprint density at radius 3 is 2.74 bits per heavy atom. The van der Waals surface area contributed by atoms with Crippen molar-refractivity contribution < 1.29 is 19.1 Å². The van der Waals surface area contributed by atoms with Crippen LogP contribution in [-0.2, 0) is 16.0 Å². The number of benzene rings is 1. The van der Waals surface area contributed by atoms with Gasteiger partial charge in [-0.15, -0.1) is 0 Å². The van der Waals surface area contributed by atoms with Crippen molar-refractivity contribution in [2.45, 2.75) is 31.2 Å². The largest absolute Gasteiger partial charge is 0.480 e. The summed E-state index contributed by atoms with van der Waals surface area (Å²) in [5, 5.41) is 12.2. The second-order valence-corrected chi connectivity index (χ2v) is 5.94. The van der Waals surface area contributed by atoms with E-state index in [1.165, 1.54) is 0 Å². The number of oxazole rings is 1. The number of nitrogens with zero attached hydrogens (tertiary/aromatic N) is 1. The third-order valence-corrected chi connectivity index (χ3v) is 4.13. The highest BCUT2D eigenvalue weighted by molar-refractivity contribution is 6.33. The van der Waals surface area contributed by atoms with Gasteiger partial charge in [-0.3, -0.25) is 4.79 Å². The van der Waals surface area contributed by atoms with E-state index in [9.17, 15) is 9.59 Å². The molecule has 1 aromatic carbocycles. The van der Waals surface area contributed by atoms with Crippen LogP contribution in [0.4, 0.5) is 0 Å². The van der Waals surface area contributed by atoms with Gasteiger partial charge in [-0.05, 0) is 25.0 Å². The Morgan fingerprint density at radius 1 is 1.35 bits per heavy atom. The lowest BCUT2D eigenvalue weighted by molar-refractivity contribution is -0.143. The average Bonchev–Trinajstić information content (AvgIpc) is 3.15. The zero-order valence-corrected chi connectivity index (χ0v) is 13.0. The maximum atomic E-state index is 11.8. The van der Waals surface area contributed by atoms with Gasteiger partial charge in [0.05, 0.1) is 11.2 Å². The van der Waals surface area contributed by atoms with Crippen molar-refractivity contribution in [3.8, 4) is 11.3 Å². The smallest absolute Gasteiger partial charge is 0.329 e. The molecular formula is C16H15ClN2O4. The van der Waals surface area contributed by atoms with E-state index in [4.69, 9.17) is 21.1 Å². The summed E-state index contributed by atoms with van der Waals surface area (Å²) in [6, 6.07) is 7.25. The van der Waals surface area contributed by atoms with Crippen LogP contribution in [0.1, 0.15) is 25.2 Å². The first-order chi connectivity index (χ1) is 11.0. The molecule has 1 amide bonds. The van der Waals surface area contributed by atoms with Crippen molar-refractivity contribution in [1.82, 2.24) is 10.3 Å². The third kappa shape index (κ3) is 3.37. The molecule has 3 rings (SSSR count). The predicted octanol–water partition coefficient (Wildman–Crippen LogP) is 2.66. The van der Waals surface area contributed by atoms with Gasteiger partial charge < -0.3 is 14.8 Å². The number of aromatic nitrogens is 1. The second-order valence-electron chi connectivity index (χ2n) is 5.53. The lowest BCUT2D eigenvalue weighted by Crippen LogP contribution is -2.43. The Hall–Kier alpha value is -2.34. The van der Waals surface area contributed by atoms with Crippen LogP contribution in [0.2, 0.25) is 5.02 Å². The molecule has 1 aliphatic rings. The Labute approximate surface area is 137 Å². The van der Waals surface area contributed by atoms with Gasteiger partial charge in [0, 0.05) is 18.4 Å². The molecule has 0 atom stereocenters. The number of aliphatic carboxylic acids is 1. The molecule has 0 spiro atoms. The molecule has 120 valence electrons. The van der Waals surface area contributed by atoms with Crippen LogP contribution in [0.25, 0.3) is 11.3 Å². The summed E-state index contributed by atoms with van der Waals surface area (Å²) < 4.78 is 5.60. The summed E-state index contributed by atoms with van der Waals surface area (Å²) in [5.41, 5.74) is -0.323. The number of hydrogen-bond donors (Lipinski definition) is 2. The number of halogens is 1. The van der Waals surface area contributed by atoms with Gasteiger partial charge >= 0.3 is 5.97 Å². The van der Waals surface area contributed by atoms with E-state index in [1.54, 1.807) is 12.3 Å². The maximum Gasteiger partial charge on any atom is 0.329 e. The van der Waals surface area contributed by atoms with Crippen LogP contribution in [0.5, 0.6) is 0 Å². The fourth-order valence-corrected chi connectivity index (χ4v) is 2.51. The molecule has 1 saturated carbocycles. The first-order valence-electron chi connectivity index (χ1n) is 7.24. The van der Waals surface area contributed by atoms with E-state index in [2.05, 4.69) is 10.3 Å². The fourth-order valence-electron chi connectivity index (χ4n) is 2.28. The second kappa shape index (κ2) is 6.04. The Balaban J connectivity index is 1.59. The minimum absolute atomic E-state index is 0.123. The van der Waals surface area contributed by atoms with Crippen LogP contribution in [0.15, 0.2) is 34.9 Å². The number of carbonyl (C=O) groups is 2. The summed E-state index contributed by atoms with van der Waals surface area (Å²) in [4.78, 5) is 27.0. The summed E-state index contributed by atoms with van der Waals surface area (Å²) in [6.07, 6.45) is 2.94. The van der Waals surface area contributed by atoms with Crippen molar-refractivity contribution in [2.24, 2.45) is 0 Å². The van der Waals surface area contributed by atoms with Crippen LogP contribution in [0, 0.1) is 0 Å². The van der Waals surface area contributed by atoms with E-state index < -0.39 is 11.5 Å². The molecule has 1 heterocycles. The number of rotatable bonds is 6. The van der Waals surface area contributed by atoms with Gasteiger partial charge in [-0.1, -0.05) is 23.7 Å². The molecule has 0 unspecified atom stereocenters. The molecule has 2 aromatic rings. The van der Waals surface area contributed by atoms with E-state index in [1.807, 2.05) is 18.2 Å². The molecule has 0 radical (unpaired) electrons. The SMILES string of the molecule is O=C(CCc1ncc(-c2ccccc2Cl)o1)NC1(C(=O)O)CC1. The van der Waals surface area contributed by atoms with Crippen LogP contribution >= 0.6 is 11.6 Å². The minimum atomic E-state index is -1.06. The van der Waals surface area contributed by atoms with Crippen LogP contribution in [0.3, 0.4) is 0 Å². The highest BCUT2D eigenvalue weighted by Crippen LogP contribution is 2.35. The van der Waals surface area contributed by atoms with Crippen LogP contribution in [-0.4, -0.2) is 27.5 Å². The fraction of sp³-hybridized carbons (Fsp3) is 0.312. The Bertz CT molecular complexity index is 752. The number of carboxylic acid groups (broad SMARTS) is 1. The molecular weight excluding hydrogens is 320 g/mol. The number of carbonyl (C=O) groups excluding carboxylic acids is 1. The molecule has 0 bridgehead atoms. The molecule has 6 nitrogen and oxygen atoms in total. The number of amides is 1.